The van der Waals surface area contributed by atoms with E-state index in [1.165, 1.54) is 0 Å². The van der Waals surface area contributed by atoms with Gasteiger partial charge in [-0.25, -0.2) is 0 Å². The van der Waals surface area contributed by atoms with Crippen LogP contribution in [0.2, 0.25) is 0 Å². The van der Waals surface area contributed by atoms with E-state index in [-0.39, 0.29) is 29.3 Å². The molecule has 1 aromatic carbocycles. The van der Waals surface area contributed by atoms with Crippen molar-refractivity contribution in [3.05, 3.63) is 34.3 Å². The third-order valence-electron chi connectivity index (χ3n) is 3.27. The average Bonchev–Trinajstić information content (AvgIpc) is 3.06. The molecule has 0 spiro atoms. The van der Waals surface area contributed by atoms with Gasteiger partial charge in [0.2, 0.25) is 5.91 Å². The molecule has 0 heterocycles. The number of rotatable bonds is 4. The molecule has 0 radical (unpaired) electrons. The first-order chi connectivity index (χ1) is 8.33. The molecule has 106 valence electrons. The number of hydrogen-bond donors (Lipinski definition) is 2. The summed E-state index contributed by atoms with van der Waals surface area (Å²) in [5, 5.41) is 2.96. The van der Waals surface area contributed by atoms with Gasteiger partial charge >= 0.3 is 0 Å². The molecule has 1 saturated carbocycles. The van der Waals surface area contributed by atoms with Crippen molar-refractivity contribution in [2.75, 3.05) is 6.54 Å². The molecule has 0 aromatic heterocycles. The summed E-state index contributed by atoms with van der Waals surface area (Å²) in [6.07, 6.45) is 1.83. The van der Waals surface area contributed by atoms with Crippen molar-refractivity contribution >= 4 is 34.2 Å². The van der Waals surface area contributed by atoms with Gasteiger partial charge in [0.1, 0.15) is 0 Å². The Balaban J connectivity index is 0.00000180. The summed E-state index contributed by atoms with van der Waals surface area (Å²) in [7, 11) is 0. The van der Waals surface area contributed by atoms with Crippen molar-refractivity contribution in [1.29, 1.82) is 0 Å². The van der Waals surface area contributed by atoms with Gasteiger partial charge in [0, 0.05) is 16.6 Å². The fourth-order valence-electron chi connectivity index (χ4n) is 2.04. The highest BCUT2D eigenvalue weighted by molar-refractivity contribution is 9.10. The van der Waals surface area contributed by atoms with Gasteiger partial charge in [-0.3, -0.25) is 4.79 Å². The zero-order valence-corrected chi connectivity index (χ0v) is 13.6. The molecular weight excluding hydrogens is 328 g/mol. The largest absolute Gasteiger partial charge is 0.354 e. The molecule has 1 aromatic rings. The van der Waals surface area contributed by atoms with Crippen LogP contribution in [0.25, 0.3) is 0 Å². The van der Waals surface area contributed by atoms with Crippen LogP contribution in [0.3, 0.4) is 0 Å². The Hall–Kier alpha value is -0.580. The maximum Gasteiger partial charge on any atom is 0.230 e. The van der Waals surface area contributed by atoms with Crippen LogP contribution >= 0.6 is 28.3 Å². The van der Waals surface area contributed by atoms with Gasteiger partial charge in [-0.05, 0) is 44.4 Å². The minimum Gasteiger partial charge on any atom is -0.354 e. The number of halogens is 2. The van der Waals surface area contributed by atoms with Crippen LogP contribution in [0.15, 0.2) is 28.7 Å². The maximum absolute atomic E-state index is 12.3. The van der Waals surface area contributed by atoms with Crippen molar-refractivity contribution in [2.24, 2.45) is 5.73 Å². The first kappa shape index (κ1) is 16.5. The Morgan fingerprint density at radius 3 is 2.58 bits per heavy atom. The third kappa shape index (κ3) is 3.94. The Kier molecular flexibility index (Phi) is 5.04. The summed E-state index contributed by atoms with van der Waals surface area (Å²) in [5.41, 5.74) is 6.28. The molecule has 0 unspecified atom stereocenters. The van der Waals surface area contributed by atoms with Gasteiger partial charge in [0.25, 0.3) is 0 Å². The summed E-state index contributed by atoms with van der Waals surface area (Å²) < 4.78 is 1.01. The Bertz CT molecular complexity index is 467. The lowest BCUT2D eigenvalue weighted by molar-refractivity contribution is -0.123. The van der Waals surface area contributed by atoms with Crippen molar-refractivity contribution in [2.45, 2.75) is 37.6 Å². The maximum atomic E-state index is 12.3. The van der Waals surface area contributed by atoms with Gasteiger partial charge in [0.15, 0.2) is 0 Å². The number of amides is 1. The highest BCUT2D eigenvalue weighted by Crippen LogP contribution is 2.48. The standard InChI is InChI=1S/C14H19BrN2O.ClH/c1-13(2,16)9-17-12(18)14(6-7-14)10-4-3-5-11(15)8-10;/h3-5,8H,6-7,9,16H2,1-2H3,(H,17,18);1H. The smallest absolute Gasteiger partial charge is 0.230 e. The van der Waals surface area contributed by atoms with Crippen LogP contribution in [0, 0.1) is 0 Å². The minimum atomic E-state index is -0.372. The first-order valence-corrected chi connectivity index (χ1v) is 6.96. The van der Waals surface area contributed by atoms with Crippen molar-refractivity contribution in [3.63, 3.8) is 0 Å². The van der Waals surface area contributed by atoms with Gasteiger partial charge < -0.3 is 11.1 Å². The van der Waals surface area contributed by atoms with E-state index in [9.17, 15) is 4.79 Å². The van der Waals surface area contributed by atoms with E-state index in [4.69, 9.17) is 5.73 Å². The number of benzene rings is 1. The molecule has 0 saturated heterocycles. The number of nitrogens with two attached hydrogens (primary N) is 1. The van der Waals surface area contributed by atoms with E-state index in [0.29, 0.717) is 6.54 Å². The molecule has 0 bridgehead atoms. The van der Waals surface area contributed by atoms with Crippen LogP contribution in [-0.2, 0) is 10.2 Å². The molecule has 0 atom stereocenters. The fourth-order valence-corrected chi connectivity index (χ4v) is 2.43. The predicted molar refractivity (Wildman–Crippen MR) is 83.6 cm³/mol. The van der Waals surface area contributed by atoms with Crippen LogP contribution in [0.4, 0.5) is 0 Å². The lowest BCUT2D eigenvalue weighted by Gasteiger charge is -2.22. The molecule has 2 rings (SSSR count). The Morgan fingerprint density at radius 2 is 2.11 bits per heavy atom. The highest BCUT2D eigenvalue weighted by Gasteiger charge is 2.51. The Morgan fingerprint density at radius 1 is 1.47 bits per heavy atom. The summed E-state index contributed by atoms with van der Waals surface area (Å²) >= 11 is 3.45. The topological polar surface area (TPSA) is 55.1 Å². The van der Waals surface area contributed by atoms with E-state index in [1.54, 1.807) is 0 Å². The van der Waals surface area contributed by atoms with Gasteiger partial charge in [-0.15, -0.1) is 12.4 Å². The zero-order chi connectivity index (χ0) is 13.4. The van der Waals surface area contributed by atoms with Crippen LogP contribution < -0.4 is 11.1 Å². The van der Waals surface area contributed by atoms with E-state index in [0.717, 1.165) is 22.9 Å². The second kappa shape index (κ2) is 5.81. The monoisotopic (exact) mass is 346 g/mol. The Labute approximate surface area is 128 Å². The van der Waals surface area contributed by atoms with Crippen molar-refractivity contribution < 1.29 is 4.79 Å². The molecule has 1 aliphatic carbocycles. The second-order valence-corrected chi connectivity index (χ2v) is 6.68. The molecule has 1 amide bonds. The fraction of sp³-hybridized carbons (Fsp3) is 0.500. The predicted octanol–water partition coefficient (Wildman–Crippen LogP) is 2.76. The lowest BCUT2D eigenvalue weighted by atomic mass is 9.94. The molecule has 1 fully saturated rings. The average molecular weight is 348 g/mol. The molecule has 5 heteroatoms. The normalized spacial score (nSPS) is 16.4. The van der Waals surface area contributed by atoms with Crippen LogP contribution in [-0.4, -0.2) is 18.0 Å². The van der Waals surface area contributed by atoms with Crippen LogP contribution in [0.1, 0.15) is 32.3 Å². The zero-order valence-electron chi connectivity index (χ0n) is 11.2. The molecule has 0 aliphatic heterocycles. The van der Waals surface area contributed by atoms with E-state index in [1.807, 2.05) is 38.1 Å². The summed E-state index contributed by atoms with van der Waals surface area (Å²) in [4.78, 5) is 12.3. The van der Waals surface area contributed by atoms with E-state index < -0.39 is 0 Å². The molecule has 1 aliphatic rings. The number of carbonyl (C=O) groups is 1. The molecular formula is C14H20BrClN2O. The summed E-state index contributed by atoms with van der Waals surface area (Å²) in [6.45, 7) is 4.32. The summed E-state index contributed by atoms with van der Waals surface area (Å²) in [6, 6.07) is 7.99. The van der Waals surface area contributed by atoms with E-state index in [2.05, 4.69) is 21.2 Å². The van der Waals surface area contributed by atoms with Gasteiger partial charge in [-0.1, -0.05) is 28.1 Å². The second-order valence-electron chi connectivity index (χ2n) is 5.76. The molecule has 3 nitrogen and oxygen atoms in total. The van der Waals surface area contributed by atoms with Crippen LogP contribution in [0.5, 0.6) is 0 Å². The first-order valence-electron chi connectivity index (χ1n) is 6.17. The number of hydrogen-bond acceptors (Lipinski definition) is 2. The van der Waals surface area contributed by atoms with Gasteiger partial charge in [-0.2, -0.15) is 0 Å². The molecule has 19 heavy (non-hydrogen) atoms. The van der Waals surface area contributed by atoms with Gasteiger partial charge in [0.05, 0.1) is 5.41 Å². The minimum absolute atomic E-state index is 0. The van der Waals surface area contributed by atoms with E-state index >= 15 is 0 Å². The van der Waals surface area contributed by atoms with Crippen molar-refractivity contribution in [3.8, 4) is 0 Å². The number of nitrogens with one attached hydrogen (secondary N) is 1. The lowest BCUT2D eigenvalue weighted by Crippen LogP contribution is -2.47. The quantitative estimate of drug-likeness (QED) is 0.880. The molecule has 3 N–H and O–H groups in total. The number of carbonyl (C=O) groups excluding carboxylic acids is 1. The highest BCUT2D eigenvalue weighted by atomic mass is 79.9. The van der Waals surface area contributed by atoms with Crippen molar-refractivity contribution in [1.82, 2.24) is 5.32 Å². The SMILES string of the molecule is CC(C)(N)CNC(=O)C1(c2cccc(Br)c2)CC1.Cl. The third-order valence-corrected chi connectivity index (χ3v) is 3.76. The summed E-state index contributed by atoms with van der Waals surface area (Å²) in [5.74, 6) is 0.0964.